The van der Waals surface area contributed by atoms with E-state index in [1.54, 1.807) is 49.9 Å². The summed E-state index contributed by atoms with van der Waals surface area (Å²) < 4.78 is 0. The highest BCUT2D eigenvalue weighted by molar-refractivity contribution is 5.97. The normalized spacial score (nSPS) is 20.2. The van der Waals surface area contributed by atoms with Crippen molar-refractivity contribution in [1.82, 2.24) is 46.6 Å². The van der Waals surface area contributed by atoms with Crippen LogP contribution in [0.3, 0.4) is 0 Å². The van der Waals surface area contributed by atoms with E-state index in [-0.39, 0.29) is 68.1 Å². The van der Waals surface area contributed by atoms with Crippen molar-refractivity contribution in [1.29, 1.82) is 0 Å². The molecule has 0 aromatic heterocycles. The molecule has 9 atom stereocenters. The lowest BCUT2D eigenvalue weighted by Gasteiger charge is -2.43. The van der Waals surface area contributed by atoms with Crippen LogP contribution in [-0.2, 0) is 54.7 Å². The quantitative estimate of drug-likeness (QED) is 0.0745. The smallest absolute Gasteiger partial charge is 0.251 e. The lowest BCUT2D eigenvalue weighted by Crippen LogP contribution is -2.62. The molecule has 4 aromatic rings. The summed E-state index contributed by atoms with van der Waals surface area (Å²) in [5, 5.41) is 18.2. The SMILES string of the molecule is CN[C@@H](C)C(=O)NC(C(=O)N1Cc2ccccc2C[C@H]1C(=O)N(Cc1ccc(C(=O)NC2C[C@@H](C(=O)N[C@@H]3CCCc4ccccc43)N(C(=O)[C@@H](NC(=O)[C@H](C)NC)C(C)(C)C)C2)cc1)[C@H](C)c1ccccc1)C(C)(C)C. The molecule has 16 heteroatoms. The number of nitrogens with one attached hydrogen (secondary N) is 6. The minimum atomic E-state index is -0.965. The Labute approximate surface area is 455 Å². The maximum atomic E-state index is 15.5. The first-order chi connectivity index (χ1) is 36.5. The fourth-order valence-electron chi connectivity index (χ4n) is 10.7. The van der Waals surface area contributed by atoms with Crippen molar-refractivity contribution >= 4 is 41.4 Å². The summed E-state index contributed by atoms with van der Waals surface area (Å²) in [6.07, 6.45) is 3.01. The van der Waals surface area contributed by atoms with Crippen LogP contribution in [0.2, 0.25) is 0 Å². The Kier molecular flexibility index (Phi) is 18.5. The minimum Gasteiger partial charge on any atom is -0.347 e. The molecular weight excluding hydrogens is 971 g/mol. The molecule has 4 aromatic carbocycles. The van der Waals surface area contributed by atoms with E-state index >= 15 is 4.79 Å². The summed E-state index contributed by atoms with van der Waals surface area (Å²) in [5.41, 5.74) is 4.72. The van der Waals surface area contributed by atoms with E-state index in [1.807, 2.05) is 133 Å². The van der Waals surface area contributed by atoms with E-state index in [2.05, 4.69) is 38.0 Å². The number of fused-ring (bicyclic) bond motifs is 2. The molecule has 16 nitrogen and oxygen atoms in total. The molecule has 2 heterocycles. The number of likely N-dealkylation sites (tertiary alicyclic amines) is 1. The van der Waals surface area contributed by atoms with Gasteiger partial charge < -0.3 is 46.6 Å². The van der Waals surface area contributed by atoms with E-state index in [9.17, 15) is 28.8 Å². The monoisotopic (exact) mass is 1050 g/mol. The van der Waals surface area contributed by atoms with Gasteiger partial charge in [-0.25, -0.2) is 0 Å². The fourth-order valence-corrected chi connectivity index (χ4v) is 10.7. The molecular formula is C61H81N9O7. The third-order valence-electron chi connectivity index (χ3n) is 15.8. The van der Waals surface area contributed by atoms with Crippen LogP contribution in [0.4, 0.5) is 0 Å². The molecule has 0 spiro atoms. The second-order valence-corrected chi connectivity index (χ2v) is 23.4. The Hall–Kier alpha value is -6.91. The summed E-state index contributed by atoms with van der Waals surface area (Å²) in [7, 11) is 3.35. The van der Waals surface area contributed by atoms with Crippen LogP contribution in [0, 0.1) is 10.8 Å². The molecule has 7 amide bonds. The molecule has 1 saturated heterocycles. The van der Waals surface area contributed by atoms with Gasteiger partial charge in [-0.1, -0.05) is 133 Å². The number of amides is 7. The van der Waals surface area contributed by atoms with Gasteiger partial charge in [-0.15, -0.1) is 0 Å². The molecule has 2 unspecified atom stereocenters. The Morgan fingerprint density at radius 1 is 0.636 bits per heavy atom. The molecule has 1 fully saturated rings. The second-order valence-electron chi connectivity index (χ2n) is 23.4. The number of hydrogen-bond acceptors (Lipinski definition) is 9. The van der Waals surface area contributed by atoms with Gasteiger partial charge in [-0.05, 0) is 117 Å². The molecule has 3 aliphatic rings. The zero-order valence-corrected chi connectivity index (χ0v) is 46.9. The molecule has 77 heavy (non-hydrogen) atoms. The van der Waals surface area contributed by atoms with Crippen molar-refractivity contribution in [2.75, 3.05) is 20.6 Å². The number of benzene rings is 4. The zero-order valence-electron chi connectivity index (χ0n) is 46.9. The average Bonchev–Trinajstić information content (AvgIpc) is 3.87. The molecule has 2 aliphatic heterocycles. The predicted octanol–water partition coefficient (Wildman–Crippen LogP) is 5.90. The van der Waals surface area contributed by atoms with Gasteiger partial charge in [0.05, 0.1) is 24.2 Å². The molecule has 0 bridgehead atoms. The molecule has 0 saturated carbocycles. The summed E-state index contributed by atoms with van der Waals surface area (Å²) >= 11 is 0. The number of aryl methyl sites for hydroxylation is 1. The van der Waals surface area contributed by atoms with Crippen LogP contribution in [-0.4, -0.2) is 119 Å². The topological polar surface area (TPSA) is 201 Å². The van der Waals surface area contributed by atoms with Crippen molar-refractivity contribution < 1.29 is 33.6 Å². The summed E-state index contributed by atoms with van der Waals surface area (Å²) in [6.45, 7) is 17.1. The van der Waals surface area contributed by atoms with Crippen molar-refractivity contribution in [2.45, 2.75) is 162 Å². The van der Waals surface area contributed by atoms with Gasteiger partial charge in [0, 0.05) is 37.7 Å². The number of likely N-dealkylation sites (N-methyl/N-ethyl adjacent to an activating group) is 2. The first-order valence-corrected chi connectivity index (χ1v) is 27.3. The number of hydrogen-bond donors (Lipinski definition) is 6. The highest BCUT2D eigenvalue weighted by Crippen LogP contribution is 2.34. The maximum Gasteiger partial charge on any atom is 0.251 e. The zero-order chi connectivity index (χ0) is 55.9. The molecule has 7 rings (SSSR count). The predicted molar refractivity (Wildman–Crippen MR) is 298 cm³/mol. The van der Waals surface area contributed by atoms with E-state index in [4.69, 9.17) is 0 Å². The third-order valence-corrected chi connectivity index (χ3v) is 15.8. The Balaban J connectivity index is 1.14. The summed E-state index contributed by atoms with van der Waals surface area (Å²) in [4.78, 5) is 105. The molecule has 6 N–H and O–H groups in total. The van der Waals surface area contributed by atoms with E-state index in [1.165, 1.54) is 10.5 Å². The van der Waals surface area contributed by atoms with Crippen LogP contribution in [0.5, 0.6) is 0 Å². The van der Waals surface area contributed by atoms with Gasteiger partial charge in [0.15, 0.2) is 0 Å². The molecule has 0 radical (unpaired) electrons. The maximum absolute atomic E-state index is 15.5. The number of carbonyl (C=O) groups is 7. The highest BCUT2D eigenvalue weighted by Gasteiger charge is 2.47. The first-order valence-electron chi connectivity index (χ1n) is 27.3. The van der Waals surface area contributed by atoms with Crippen LogP contribution < -0.4 is 31.9 Å². The van der Waals surface area contributed by atoms with Gasteiger partial charge in [-0.2, -0.15) is 0 Å². The Bertz CT molecular complexity index is 2770. The fraction of sp³-hybridized carbons (Fsp3) is 0.492. The van der Waals surface area contributed by atoms with Gasteiger partial charge in [0.1, 0.15) is 24.2 Å². The summed E-state index contributed by atoms with van der Waals surface area (Å²) in [6, 6.07) is 26.5. The van der Waals surface area contributed by atoms with Gasteiger partial charge in [-0.3, -0.25) is 33.6 Å². The lowest BCUT2D eigenvalue weighted by atomic mass is 9.84. The Morgan fingerprint density at radius 2 is 1.18 bits per heavy atom. The van der Waals surface area contributed by atoms with E-state index < -0.39 is 71.0 Å². The first kappa shape index (κ1) is 57.8. The van der Waals surface area contributed by atoms with Crippen LogP contribution >= 0.6 is 0 Å². The van der Waals surface area contributed by atoms with E-state index in [0.29, 0.717) is 5.56 Å². The highest BCUT2D eigenvalue weighted by atomic mass is 16.2. The minimum absolute atomic E-state index is 0.0452. The van der Waals surface area contributed by atoms with Gasteiger partial charge >= 0.3 is 0 Å². The van der Waals surface area contributed by atoms with E-state index in [0.717, 1.165) is 47.1 Å². The Morgan fingerprint density at radius 3 is 1.77 bits per heavy atom. The number of carbonyl (C=O) groups excluding carboxylic acids is 7. The summed E-state index contributed by atoms with van der Waals surface area (Å²) in [5.74, 6) is -2.40. The third kappa shape index (κ3) is 13.6. The second kappa shape index (κ2) is 24.6. The van der Waals surface area contributed by atoms with Crippen LogP contribution in [0.1, 0.15) is 137 Å². The van der Waals surface area contributed by atoms with Gasteiger partial charge in [0.25, 0.3) is 5.91 Å². The van der Waals surface area contributed by atoms with Crippen molar-refractivity contribution in [3.63, 3.8) is 0 Å². The largest absolute Gasteiger partial charge is 0.347 e. The lowest BCUT2D eigenvalue weighted by molar-refractivity contribution is -0.152. The average molecular weight is 1050 g/mol. The van der Waals surface area contributed by atoms with Crippen molar-refractivity contribution in [2.24, 2.45) is 10.8 Å². The number of rotatable bonds is 17. The van der Waals surface area contributed by atoms with Crippen LogP contribution in [0.15, 0.2) is 103 Å². The standard InChI is InChI=1S/C61H81N9O7/c1-37(62-10)53(71)66-51(60(4,5)6)58(76)69-35-45-24-16-15-23-44(45)32-50(69)57(75)68(39(3)41-20-13-12-14-21-41)34-40-28-30-43(31-29-40)55(73)64-46-33-49(56(74)65-48-27-19-25-42-22-17-18-26-47(42)48)70(36-46)59(77)52(61(7,8)9)67-54(72)38(2)63-11/h12-18,20-24,26,28-31,37-39,46,48-52,62-63H,19,25,27,32-36H2,1-11H3,(H,64,73)(H,65,74)(H,66,71)(H,67,72)/t37-,38-,39+,46?,48+,49-,50-,51?,52+/m0/s1. The molecule has 1 aliphatic carbocycles. The van der Waals surface area contributed by atoms with Crippen molar-refractivity contribution in [3.05, 3.63) is 142 Å². The number of nitrogens with zero attached hydrogens (tertiary/aromatic N) is 3. The van der Waals surface area contributed by atoms with Crippen LogP contribution in [0.25, 0.3) is 0 Å². The van der Waals surface area contributed by atoms with Gasteiger partial charge in [0.2, 0.25) is 35.4 Å². The van der Waals surface area contributed by atoms with Crippen molar-refractivity contribution in [3.8, 4) is 0 Å². The molecule has 412 valence electrons.